The normalized spacial score (nSPS) is 8.60. The summed E-state index contributed by atoms with van der Waals surface area (Å²) in [5.41, 5.74) is 8.59. The molecule has 0 unspecified atom stereocenters. The van der Waals surface area contributed by atoms with Crippen LogP contribution in [0.2, 0.25) is 5.02 Å². The van der Waals surface area contributed by atoms with E-state index in [0.717, 1.165) is 0 Å². The number of phenolic OH excluding ortho intramolecular Hbond substituents is 1. The number of benzene rings is 1. The molecule has 0 spiro atoms. The molecule has 1 rings (SSSR count). The standard InChI is InChI=1S/C10H8ClN3O/c11-10-8(5-3-6-9(10)15)4-1-2-7-13-14-12/h3,5-6,15H,2,7H2. The molecular weight excluding hydrogens is 214 g/mol. The van der Waals surface area contributed by atoms with Crippen molar-refractivity contribution in [1.29, 1.82) is 0 Å². The lowest BCUT2D eigenvalue weighted by atomic mass is 10.2. The van der Waals surface area contributed by atoms with E-state index >= 15 is 0 Å². The van der Waals surface area contributed by atoms with Gasteiger partial charge in [0, 0.05) is 23.4 Å². The first kappa shape index (κ1) is 11.3. The molecule has 1 aromatic carbocycles. The smallest absolute Gasteiger partial charge is 0.135 e. The van der Waals surface area contributed by atoms with Gasteiger partial charge in [0.05, 0.1) is 5.02 Å². The van der Waals surface area contributed by atoms with Crippen molar-refractivity contribution >= 4 is 11.6 Å². The molecule has 0 aromatic heterocycles. The number of hydrogen-bond acceptors (Lipinski definition) is 2. The SMILES string of the molecule is [N-]=[N+]=NCCC#Cc1cccc(O)c1Cl. The van der Waals surface area contributed by atoms with Gasteiger partial charge in [0.1, 0.15) is 5.75 Å². The maximum atomic E-state index is 9.27. The number of azide groups is 1. The molecule has 1 N–H and O–H groups in total. The van der Waals surface area contributed by atoms with Gasteiger partial charge in [-0.25, -0.2) is 0 Å². The van der Waals surface area contributed by atoms with Crippen molar-refractivity contribution in [2.24, 2.45) is 5.11 Å². The van der Waals surface area contributed by atoms with Crippen LogP contribution in [-0.4, -0.2) is 11.7 Å². The molecule has 0 saturated carbocycles. The van der Waals surface area contributed by atoms with Gasteiger partial charge in [0.2, 0.25) is 0 Å². The van der Waals surface area contributed by atoms with E-state index in [0.29, 0.717) is 18.5 Å². The molecule has 0 radical (unpaired) electrons. The first-order valence-corrected chi connectivity index (χ1v) is 4.60. The largest absolute Gasteiger partial charge is 0.506 e. The number of nitrogens with zero attached hydrogens (tertiary/aromatic N) is 3. The first-order chi connectivity index (χ1) is 7.25. The molecule has 0 saturated heterocycles. The zero-order valence-electron chi connectivity index (χ0n) is 7.81. The third-order valence-corrected chi connectivity index (χ3v) is 2.00. The molecule has 1 aromatic rings. The van der Waals surface area contributed by atoms with E-state index in [9.17, 15) is 5.11 Å². The summed E-state index contributed by atoms with van der Waals surface area (Å²) in [5.74, 6) is 5.59. The van der Waals surface area contributed by atoms with E-state index in [1.165, 1.54) is 6.07 Å². The highest BCUT2D eigenvalue weighted by atomic mass is 35.5. The molecule has 0 atom stereocenters. The lowest BCUT2D eigenvalue weighted by molar-refractivity contribution is 0.475. The van der Waals surface area contributed by atoms with Crippen LogP contribution in [0.25, 0.3) is 10.4 Å². The predicted molar refractivity (Wildman–Crippen MR) is 58.6 cm³/mol. The maximum absolute atomic E-state index is 9.27. The summed E-state index contributed by atoms with van der Waals surface area (Å²) in [6, 6.07) is 4.87. The number of rotatable bonds is 2. The predicted octanol–water partition coefficient (Wildman–Crippen LogP) is 3.10. The number of phenols is 1. The Hall–Kier alpha value is -1.82. The second-order valence-corrected chi connectivity index (χ2v) is 3.02. The van der Waals surface area contributed by atoms with Crippen LogP contribution >= 0.6 is 11.6 Å². The zero-order valence-corrected chi connectivity index (χ0v) is 8.57. The van der Waals surface area contributed by atoms with Gasteiger partial charge >= 0.3 is 0 Å². The van der Waals surface area contributed by atoms with Crippen LogP contribution in [0.4, 0.5) is 0 Å². The molecule has 0 amide bonds. The minimum atomic E-state index is 0.0125. The Morgan fingerprint density at radius 2 is 2.33 bits per heavy atom. The Balaban J connectivity index is 2.71. The van der Waals surface area contributed by atoms with Crippen LogP contribution < -0.4 is 0 Å². The van der Waals surface area contributed by atoms with Crippen molar-refractivity contribution in [1.82, 2.24) is 0 Å². The second kappa shape index (κ2) is 5.82. The molecule has 5 heteroatoms. The topological polar surface area (TPSA) is 69.0 Å². The van der Waals surface area contributed by atoms with Gasteiger partial charge in [0.25, 0.3) is 0 Å². The van der Waals surface area contributed by atoms with Crippen LogP contribution in [0, 0.1) is 11.8 Å². The average molecular weight is 222 g/mol. The van der Waals surface area contributed by atoms with Gasteiger partial charge in [-0.05, 0) is 17.7 Å². The van der Waals surface area contributed by atoms with Crippen molar-refractivity contribution in [3.05, 3.63) is 39.2 Å². The van der Waals surface area contributed by atoms with E-state index in [2.05, 4.69) is 21.9 Å². The van der Waals surface area contributed by atoms with Gasteiger partial charge in [-0.15, -0.1) is 0 Å². The lowest BCUT2D eigenvalue weighted by Crippen LogP contribution is -1.78. The minimum absolute atomic E-state index is 0.0125. The highest BCUT2D eigenvalue weighted by molar-refractivity contribution is 6.33. The van der Waals surface area contributed by atoms with E-state index < -0.39 is 0 Å². The fourth-order valence-corrected chi connectivity index (χ4v) is 1.10. The lowest BCUT2D eigenvalue weighted by Gasteiger charge is -1.97. The molecule has 0 heterocycles. The summed E-state index contributed by atoms with van der Waals surface area (Å²) in [7, 11) is 0. The molecule has 4 nitrogen and oxygen atoms in total. The van der Waals surface area contributed by atoms with Gasteiger partial charge in [0.15, 0.2) is 0 Å². The molecule has 76 valence electrons. The Morgan fingerprint density at radius 3 is 3.07 bits per heavy atom. The van der Waals surface area contributed by atoms with Crippen molar-refractivity contribution in [2.75, 3.05) is 6.54 Å². The van der Waals surface area contributed by atoms with Gasteiger partial charge in [-0.3, -0.25) is 0 Å². The van der Waals surface area contributed by atoms with Crippen LogP contribution in [0.5, 0.6) is 5.75 Å². The fourth-order valence-electron chi connectivity index (χ4n) is 0.925. The molecule has 0 fully saturated rings. The molecule has 0 aliphatic carbocycles. The Bertz CT molecular complexity index is 455. The van der Waals surface area contributed by atoms with E-state index in [4.69, 9.17) is 17.1 Å². The average Bonchev–Trinajstić information content (AvgIpc) is 2.24. The quantitative estimate of drug-likeness (QED) is 0.269. The summed E-state index contributed by atoms with van der Waals surface area (Å²) in [6.45, 7) is 0.333. The van der Waals surface area contributed by atoms with Crippen LogP contribution in [0.1, 0.15) is 12.0 Å². The highest BCUT2D eigenvalue weighted by Gasteiger charge is 2.00. The molecular formula is C10H8ClN3O. The Kier molecular flexibility index (Phi) is 4.36. The Labute approximate surface area is 92.1 Å². The summed E-state index contributed by atoms with van der Waals surface area (Å²) in [6.07, 6.45) is 0.468. The number of aromatic hydroxyl groups is 1. The number of halogens is 1. The summed E-state index contributed by atoms with van der Waals surface area (Å²) in [4.78, 5) is 2.60. The van der Waals surface area contributed by atoms with E-state index in [1.54, 1.807) is 12.1 Å². The van der Waals surface area contributed by atoms with Crippen molar-refractivity contribution < 1.29 is 5.11 Å². The third kappa shape index (κ3) is 3.43. The summed E-state index contributed by atoms with van der Waals surface area (Å²) < 4.78 is 0. The minimum Gasteiger partial charge on any atom is -0.506 e. The highest BCUT2D eigenvalue weighted by Crippen LogP contribution is 2.25. The fraction of sp³-hybridized carbons (Fsp3) is 0.200. The molecule has 0 aliphatic rings. The van der Waals surface area contributed by atoms with Crippen molar-refractivity contribution in [3.63, 3.8) is 0 Å². The van der Waals surface area contributed by atoms with Crippen LogP contribution in [0.3, 0.4) is 0 Å². The van der Waals surface area contributed by atoms with Gasteiger partial charge in [-0.2, -0.15) is 0 Å². The molecule has 0 bridgehead atoms. The number of hydrogen-bond donors (Lipinski definition) is 1. The monoisotopic (exact) mass is 221 g/mol. The maximum Gasteiger partial charge on any atom is 0.135 e. The second-order valence-electron chi connectivity index (χ2n) is 2.64. The van der Waals surface area contributed by atoms with Gasteiger partial charge < -0.3 is 5.11 Å². The molecule has 0 aliphatic heterocycles. The van der Waals surface area contributed by atoms with Crippen LogP contribution in [-0.2, 0) is 0 Å². The third-order valence-electron chi connectivity index (χ3n) is 1.60. The summed E-state index contributed by atoms with van der Waals surface area (Å²) in [5, 5.41) is 12.9. The van der Waals surface area contributed by atoms with Gasteiger partial charge in [-0.1, -0.05) is 34.6 Å². The van der Waals surface area contributed by atoms with E-state index in [-0.39, 0.29) is 10.8 Å². The van der Waals surface area contributed by atoms with E-state index in [1.807, 2.05) is 0 Å². The summed E-state index contributed by atoms with van der Waals surface area (Å²) >= 11 is 5.80. The Morgan fingerprint density at radius 1 is 1.53 bits per heavy atom. The first-order valence-electron chi connectivity index (χ1n) is 4.23. The van der Waals surface area contributed by atoms with Crippen LogP contribution in [0.15, 0.2) is 23.3 Å². The molecule has 15 heavy (non-hydrogen) atoms. The van der Waals surface area contributed by atoms with Crippen molar-refractivity contribution in [3.8, 4) is 17.6 Å². The van der Waals surface area contributed by atoms with Crippen molar-refractivity contribution in [2.45, 2.75) is 6.42 Å². The zero-order chi connectivity index (χ0) is 11.1.